The van der Waals surface area contributed by atoms with E-state index in [1.807, 2.05) is 18.3 Å². The van der Waals surface area contributed by atoms with Crippen molar-refractivity contribution in [2.24, 2.45) is 5.92 Å². The fraction of sp³-hybridized carbons (Fsp3) is 0.400. The molecule has 1 N–H and O–H groups in total. The maximum Gasteiger partial charge on any atom is 0.142 e. The number of hydrogen-bond acceptors (Lipinski definition) is 2. The number of halogens is 2. The van der Waals surface area contributed by atoms with Gasteiger partial charge in [-0.2, -0.15) is 5.10 Å². The number of benzene rings is 1. The molecular formula is C15H19ClFN3. The van der Waals surface area contributed by atoms with Crippen molar-refractivity contribution in [3.8, 4) is 0 Å². The molecule has 0 aliphatic rings. The van der Waals surface area contributed by atoms with Crippen molar-refractivity contribution in [1.82, 2.24) is 15.1 Å². The van der Waals surface area contributed by atoms with Crippen LogP contribution in [0.3, 0.4) is 0 Å². The third-order valence-electron chi connectivity index (χ3n) is 2.88. The molecule has 0 unspecified atom stereocenters. The summed E-state index contributed by atoms with van der Waals surface area (Å²) in [7, 11) is 0. The molecule has 0 bridgehead atoms. The predicted molar refractivity (Wildman–Crippen MR) is 79.3 cm³/mol. The third-order valence-corrected chi connectivity index (χ3v) is 3.19. The summed E-state index contributed by atoms with van der Waals surface area (Å²) in [4.78, 5) is 0. The predicted octanol–water partition coefficient (Wildman–Crippen LogP) is 3.47. The monoisotopic (exact) mass is 295 g/mol. The van der Waals surface area contributed by atoms with Crippen LogP contribution in [0.1, 0.15) is 25.1 Å². The molecule has 1 heterocycles. The van der Waals surface area contributed by atoms with Gasteiger partial charge in [0, 0.05) is 12.7 Å². The van der Waals surface area contributed by atoms with Gasteiger partial charge in [0.25, 0.3) is 0 Å². The van der Waals surface area contributed by atoms with Gasteiger partial charge in [0.2, 0.25) is 0 Å². The van der Waals surface area contributed by atoms with E-state index in [0.29, 0.717) is 12.5 Å². The zero-order valence-corrected chi connectivity index (χ0v) is 12.5. The SMILES string of the molecule is CC(C)CNCc1ccn(Cc2ccc(Cl)c(F)c2)n1. The van der Waals surface area contributed by atoms with Gasteiger partial charge in [-0.25, -0.2) is 4.39 Å². The molecule has 5 heteroatoms. The Bertz CT molecular complexity index is 566. The second-order valence-electron chi connectivity index (χ2n) is 5.28. The van der Waals surface area contributed by atoms with E-state index >= 15 is 0 Å². The van der Waals surface area contributed by atoms with Crippen LogP contribution in [0.4, 0.5) is 4.39 Å². The maximum atomic E-state index is 13.4. The maximum absolute atomic E-state index is 13.4. The normalized spacial score (nSPS) is 11.2. The lowest BCUT2D eigenvalue weighted by atomic mass is 10.2. The summed E-state index contributed by atoms with van der Waals surface area (Å²) < 4.78 is 15.2. The van der Waals surface area contributed by atoms with Crippen LogP contribution in [0.15, 0.2) is 30.5 Å². The molecular weight excluding hydrogens is 277 g/mol. The highest BCUT2D eigenvalue weighted by Gasteiger charge is 2.04. The van der Waals surface area contributed by atoms with Gasteiger partial charge in [0.05, 0.1) is 17.3 Å². The Morgan fingerprint density at radius 2 is 2.15 bits per heavy atom. The Hall–Kier alpha value is -1.39. The number of hydrogen-bond donors (Lipinski definition) is 1. The largest absolute Gasteiger partial charge is 0.311 e. The molecule has 1 aromatic carbocycles. The van der Waals surface area contributed by atoms with Gasteiger partial charge in [-0.05, 0) is 36.2 Å². The Morgan fingerprint density at radius 3 is 2.85 bits per heavy atom. The molecule has 0 fully saturated rings. The standard InChI is InChI=1S/C15H19ClFN3/c1-11(2)8-18-9-13-5-6-20(19-13)10-12-3-4-14(16)15(17)7-12/h3-7,11,18H,8-10H2,1-2H3. The van der Waals surface area contributed by atoms with Crippen molar-refractivity contribution in [1.29, 1.82) is 0 Å². The molecule has 108 valence electrons. The number of rotatable bonds is 6. The first-order valence-electron chi connectivity index (χ1n) is 6.71. The van der Waals surface area contributed by atoms with E-state index in [9.17, 15) is 4.39 Å². The van der Waals surface area contributed by atoms with Crippen molar-refractivity contribution < 1.29 is 4.39 Å². The Labute approximate surface area is 123 Å². The molecule has 20 heavy (non-hydrogen) atoms. The van der Waals surface area contributed by atoms with Crippen molar-refractivity contribution in [2.75, 3.05) is 6.54 Å². The van der Waals surface area contributed by atoms with Crippen molar-refractivity contribution >= 4 is 11.6 Å². The third kappa shape index (κ3) is 4.32. The highest BCUT2D eigenvalue weighted by Crippen LogP contribution is 2.16. The summed E-state index contributed by atoms with van der Waals surface area (Å²) in [5, 5.41) is 7.94. The molecule has 3 nitrogen and oxygen atoms in total. The van der Waals surface area contributed by atoms with Gasteiger partial charge in [0.15, 0.2) is 0 Å². The smallest absolute Gasteiger partial charge is 0.142 e. The summed E-state index contributed by atoms with van der Waals surface area (Å²) in [6.07, 6.45) is 1.90. The average Bonchev–Trinajstić information content (AvgIpc) is 2.81. The average molecular weight is 296 g/mol. The van der Waals surface area contributed by atoms with Crippen molar-refractivity contribution in [3.63, 3.8) is 0 Å². The molecule has 0 aliphatic carbocycles. The van der Waals surface area contributed by atoms with E-state index in [1.54, 1.807) is 10.7 Å². The van der Waals surface area contributed by atoms with Crippen molar-refractivity contribution in [2.45, 2.75) is 26.9 Å². The lowest BCUT2D eigenvalue weighted by Gasteiger charge is -2.05. The molecule has 2 rings (SSSR count). The molecule has 2 aromatic rings. The Kier molecular flexibility index (Phi) is 5.15. The fourth-order valence-corrected chi connectivity index (χ4v) is 2.02. The van der Waals surface area contributed by atoms with E-state index < -0.39 is 5.82 Å². The minimum absolute atomic E-state index is 0.146. The molecule has 0 radical (unpaired) electrons. The number of nitrogens with zero attached hydrogens (tertiary/aromatic N) is 2. The first-order chi connectivity index (χ1) is 9.54. The van der Waals surface area contributed by atoms with E-state index in [0.717, 1.165) is 24.3 Å². The highest BCUT2D eigenvalue weighted by atomic mass is 35.5. The molecule has 0 spiro atoms. The van der Waals surface area contributed by atoms with Crippen molar-refractivity contribution in [3.05, 3.63) is 52.6 Å². The first kappa shape index (κ1) is 15.0. The minimum atomic E-state index is -0.393. The number of nitrogens with one attached hydrogen (secondary N) is 1. The zero-order chi connectivity index (χ0) is 14.5. The first-order valence-corrected chi connectivity index (χ1v) is 7.09. The van der Waals surface area contributed by atoms with Gasteiger partial charge in [-0.1, -0.05) is 31.5 Å². The molecule has 0 aliphatic heterocycles. The van der Waals surface area contributed by atoms with E-state index in [2.05, 4.69) is 24.3 Å². The van der Waals surface area contributed by atoms with Crippen LogP contribution in [0.25, 0.3) is 0 Å². The van der Waals surface area contributed by atoms with E-state index in [-0.39, 0.29) is 5.02 Å². The zero-order valence-electron chi connectivity index (χ0n) is 11.7. The molecule has 0 saturated heterocycles. The number of aromatic nitrogens is 2. The van der Waals surface area contributed by atoms with Crippen LogP contribution in [0.2, 0.25) is 5.02 Å². The van der Waals surface area contributed by atoms with E-state index in [1.165, 1.54) is 6.07 Å². The van der Waals surface area contributed by atoms with E-state index in [4.69, 9.17) is 11.6 Å². The topological polar surface area (TPSA) is 29.9 Å². The van der Waals surface area contributed by atoms with Gasteiger partial charge in [0.1, 0.15) is 5.82 Å². The molecule has 0 saturated carbocycles. The van der Waals surface area contributed by atoms with Crippen LogP contribution >= 0.6 is 11.6 Å². The highest BCUT2D eigenvalue weighted by molar-refractivity contribution is 6.30. The summed E-state index contributed by atoms with van der Waals surface area (Å²) in [5.74, 6) is 0.226. The summed E-state index contributed by atoms with van der Waals surface area (Å²) in [6.45, 7) is 6.59. The second-order valence-corrected chi connectivity index (χ2v) is 5.69. The Morgan fingerprint density at radius 1 is 1.35 bits per heavy atom. The molecule has 0 amide bonds. The summed E-state index contributed by atoms with van der Waals surface area (Å²) in [6, 6.07) is 6.80. The van der Waals surface area contributed by atoms with Gasteiger partial charge in [-0.15, -0.1) is 0 Å². The van der Waals surface area contributed by atoms with Crippen LogP contribution in [-0.4, -0.2) is 16.3 Å². The quantitative estimate of drug-likeness (QED) is 0.884. The van der Waals surface area contributed by atoms with Gasteiger partial charge < -0.3 is 5.32 Å². The lowest BCUT2D eigenvalue weighted by molar-refractivity contribution is 0.543. The molecule has 0 atom stereocenters. The minimum Gasteiger partial charge on any atom is -0.311 e. The van der Waals surface area contributed by atoms with Gasteiger partial charge in [-0.3, -0.25) is 4.68 Å². The van der Waals surface area contributed by atoms with Crippen LogP contribution < -0.4 is 5.32 Å². The molecule has 1 aromatic heterocycles. The lowest BCUT2D eigenvalue weighted by Crippen LogP contribution is -2.19. The van der Waals surface area contributed by atoms with Crippen LogP contribution in [-0.2, 0) is 13.1 Å². The summed E-state index contributed by atoms with van der Waals surface area (Å²) in [5.41, 5.74) is 1.83. The fourth-order valence-electron chi connectivity index (χ4n) is 1.90. The van der Waals surface area contributed by atoms with Crippen LogP contribution in [0, 0.1) is 11.7 Å². The Balaban J connectivity index is 1.93. The summed E-state index contributed by atoms with van der Waals surface area (Å²) >= 11 is 5.66. The second kappa shape index (κ2) is 6.86. The van der Waals surface area contributed by atoms with Crippen LogP contribution in [0.5, 0.6) is 0 Å². The van der Waals surface area contributed by atoms with Gasteiger partial charge >= 0.3 is 0 Å².